The first-order valence-electron chi connectivity index (χ1n) is 4.55. The van der Waals surface area contributed by atoms with Crippen LogP contribution >= 0.6 is 0 Å². The Balaban J connectivity index is 2.35. The monoisotopic (exact) mass is 196 g/mol. The number of aliphatic carboxylic acids is 1. The number of rotatable bonds is 2. The fourth-order valence-corrected chi connectivity index (χ4v) is 2.02. The zero-order valence-electron chi connectivity index (χ0n) is 7.91. The van der Waals surface area contributed by atoms with Crippen LogP contribution in [0.2, 0.25) is 0 Å². The number of furan rings is 1. The molecule has 1 atom stereocenters. The maximum absolute atomic E-state index is 10.6. The molecule has 2 N–H and O–H groups in total. The predicted molar refractivity (Wildman–Crippen MR) is 47.9 cm³/mol. The standard InChI is InChI=1S/C10H12O4/c1-6-4-7-2-3-10(13,5-8(11)12)9(7)14-6/h4,13H,2-3,5H2,1H3,(H,11,12). The SMILES string of the molecule is Cc1cc2c(o1)C(O)(CC(=O)O)CC2. The Bertz CT molecular complexity index is 379. The van der Waals surface area contributed by atoms with Crippen LogP contribution in [0, 0.1) is 6.92 Å². The van der Waals surface area contributed by atoms with Crippen LogP contribution in [0.1, 0.15) is 29.9 Å². The molecule has 4 heteroatoms. The predicted octanol–water partition coefficient (Wildman–Crippen LogP) is 1.20. The molecule has 4 nitrogen and oxygen atoms in total. The number of hydrogen-bond acceptors (Lipinski definition) is 3. The van der Waals surface area contributed by atoms with Gasteiger partial charge in [0.05, 0.1) is 6.42 Å². The molecule has 1 aromatic rings. The fourth-order valence-electron chi connectivity index (χ4n) is 2.02. The van der Waals surface area contributed by atoms with E-state index < -0.39 is 11.6 Å². The lowest BCUT2D eigenvalue weighted by atomic mass is 9.98. The zero-order chi connectivity index (χ0) is 10.3. The van der Waals surface area contributed by atoms with Crippen LogP contribution < -0.4 is 0 Å². The molecule has 1 heterocycles. The molecule has 0 fully saturated rings. The van der Waals surface area contributed by atoms with Crippen molar-refractivity contribution >= 4 is 5.97 Å². The molecule has 1 aliphatic rings. The van der Waals surface area contributed by atoms with Crippen LogP contribution in [-0.2, 0) is 16.8 Å². The van der Waals surface area contributed by atoms with Gasteiger partial charge in [-0.25, -0.2) is 0 Å². The van der Waals surface area contributed by atoms with Gasteiger partial charge < -0.3 is 14.6 Å². The van der Waals surface area contributed by atoms with E-state index in [1.807, 2.05) is 6.07 Å². The summed E-state index contributed by atoms with van der Waals surface area (Å²) in [5, 5.41) is 18.7. The first kappa shape index (κ1) is 9.27. The summed E-state index contributed by atoms with van der Waals surface area (Å²) in [7, 11) is 0. The molecule has 1 aliphatic carbocycles. The van der Waals surface area contributed by atoms with E-state index in [2.05, 4.69) is 0 Å². The molecular formula is C10H12O4. The van der Waals surface area contributed by atoms with Crippen molar-refractivity contribution in [1.29, 1.82) is 0 Å². The van der Waals surface area contributed by atoms with Crippen molar-refractivity contribution in [3.63, 3.8) is 0 Å². The number of aryl methyl sites for hydroxylation is 2. The Kier molecular flexibility index (Phi) is 1.89. The Morgan fingerprint density at radius 2 is 2.43 bits per heavy atom. The molecule has 0 amide bonds. The average Bonchev–Trinajstić information content (AvgIpc) is 2.52. The number of hydrogen-bond donors (Lipinski definition) is 2. The molecule has 0 aliphatic heterocycles. The minimum atomic E-state index is -1.30. The molecule has 0 spiro atoms. The van der Waals surface area contributed by atoms with E-state index in [-0.39, 0.29) is 6.42 Å². The highest BCUT2D eigenvalue weighted by Gasteiger charge is 2.42. The van der Waals surface area contributed by atoms with Gasteiger partial charge >= 0.3 is 5.97 Å². The van der Waals surface area contributed by atoms with Gasteiger partial charge in [0.25, 0.3) is 0 Å². The molecule has 1 unspecified atom stereocenters. The van der Waals surface area contributed by atoms with Gasteiger partial charge in [0.1, 0.15) is 17.1 Å². The fraction of sp³-hybridized carbons (Fsp3) is 0.500. The Morgan fingerprint density at radius 1 is 1.71 bits per heavy atom. The second kappa shape index (κ2) is 2.85. The van der Waals surface area contributed by atoms with Crippen molar-refractivity contribution in [3.05, 3.63) is 23.2 Å². The summed E-state index contributed by atoms with van der Waals surface area (Å²) < 4.78 is 5.33. The smallest absolute Gasteiger partial charge is 0.306 e. The van der Waals surface area contributed by atoms with E-state index in [9.17, 15) is 9.90 Å². The van der Waals surface area contributed by atoms with Gasteiger partial charge in [-0.1, -0.05) is 0 Å². The van der Waals surface area contributed by atoms with Crippen LogP contribution in [0.3, 0.4) is 0 Å². The maximum atomic E-state index is 10.6. The lowest BCUT2D eigenvalue weighted by Gasteiger charge is -2.18. The third-order valence-electron chi connectivity index (χ3n) is 2.61. The number of carbonyl (C=O) groups is 1. The van der Waals surface area contributed by atoms with Gasteiger partial charge in [0, 0.05) is 0 Å². The van der Waals surface area contributed by atoms with Gasteiger partial charge in [-0.3, -0.25) is 4.79 Å². The molecule has 0 bridgehead atoms. The van der Waals surface area contributed by atoms with Crippen molar-refractivity contribution in [1.82, 2.24) is 0 Å². The van der Waals surface area contributed by atoms with E-state index in [0.717, 1.165) is 11.3 Å². The molecule has 1 aromatic heterocycles. The highest BCUT2D eigenvalue weighted by Crippen LogP contribution is 2.40. The number of carboxylic acids is 1. The van der Waals surface area contributed by atoms with Gasteiger partial charge in [0.15, 0.2) is 0 Å². The zero-order valence-corrected chi connectivity index (χ0v) is 7.91. The Labute approximate surface area is 81.2 Å². The minimum absolute atomic E-state index is 0.285. The summed E-state index contributed by atoms with van der Waals surface area (Å²) in [5.41, 5.74) is -0.360. The van der Waals surface area contributed by atoms with Gasteiger partial charge in [-0.05, 0) is 31.4 Å². The van der Waals surface area contributed by atoms with Crippen LogP contribution in [0.4, 0.5) is 0 Å². The van der Waals surface area contributed by atoms with Crippen LogP contribution in [0.15, 0.2) is 10.5 Å². The molecule has 0 radical (unpaired) electrons. The third kappa shape index (κ3) is 1.32. The molecule has 2 rings (SSSR count). The van der Waals surface area contributed by atoms with Gasteiger partial charge in [-0.2, -0.15) is 0 Å². The maximum Gasteiger partial charge on any atom is 0.306 e. The Hall–Kier alpha value is -1.29. The second-order valence-electron chi connectivity index (χ2n) is 3.81. The van der Waals surface area contributed by atoms with E-state index >= 15 is 0 Å². The van der Waals surface area contributed by atoms with E-state index in [4.69, 9.17) is 9.52 Å². The summed E-state index contributed by atoms with van der Waals surface area (Å²) >= 11 is 0. The van der Waals surface area contributed by atoms with Crippen molar-refractivity contribution in [2.75, 3.05) is 0 Å². The molecular weight excluding hydrogens is 184 g/mol. The highest BCUT2D eigenvalue weighted by atomic mass is 16.4. The highest BCUT2D eigenvalue weighted by molar-refractivity contribution is 5.68. The molecule has 0 aromatic carbocycles. The largest absolute Gasteiger partial charge is 0.481 e. The van der Waals surface area contributed by atoms with E-state index in [1.165, 1.54) is 0 Å². The topological polar surface area (TPSA) is 70.7 Å². The van der Waals surface area contributed by atoms with E-state index in [0.29, 0.717) is 18.6 Å². The summed E-state index contributed by atoms with van der Waals surface area (Å²) in [6.45, 7) is 1.79. The van der Waals surface area contributed by atoms with Crippen molar-refractivity contribution in [2.24, 2.45) is 0 Å². The molecule has 0 saturated heterocycles. The normalized spacial score (nSPS) is 25.0. The number of aliphatic hydroxyl groups is 1. The molecule has 76 valence electrons. The average molecular weight is 196 g/mol. The second-order valence-corrected chi connectivity index (χ2v) is 3.81. The summed E-state index contributed by atoms with van der Waals surface area (Å²) in [4.78, 5) is 10.6. The minimum Gasteiger partial charge on any atom is -0.481 e. The first-order chi connectivity index (χ1) is 6.51. The van der Waals surface area contributed by atoms with E-state index in [1.54, 1.807) is 6.92 Å². The molecule has 14 heavy (non-hydrogen) atoms. The van der Waals surface area contributed by atoms with Crippen LogP contribution in [0.5, 0.6) is 0 Å². The van der Waals surface area contributed by atoms with Crippen LogP contribution in [-0.4, -0.2) is 16.2 Å². The van der Waals surface area contributed by atoms with Gasteiger partial charge in [0.2, 0.25) is 0 Å². The van der Waals surface area contributed by atoms with Crippen molar-refractivity contribution in [3.8, 4) is 0 Å². The Morgan fingerprint density at radius 3 is 3.07 bits per heavy atom. The summed E-state index contributed by atoms with van der Waals surface area (Å²) in [6.07, 6.45) is 0.844. The quantitative estimate of drug-likeness (QED) is 0.745. The summed E-state index contributed by atoms with van der Waals surface area (Å²) in [6, 6.07) is 1.86. The van der Waals surface area contributed by atoms with Crippen molar-refractivity contribution < 1.29 is 19.4 Å². The number of fused-ring (bicyclic) bond motifs is 1. The van der Waals surface area contributed by atoms with Crippen molar-refractivity contribution in [2.45, 2.75) is 31.8 Å². The lowest BCUT2D eigenvalue weighted by molar-refractivity contribution is -0.143. The van der Waals surface area contributed by atoms with Gasteiger partial charge in [-0.15, -0.1) is 0 Å². The van der Waals surface area contributed by atoms with Crippen LogP contribution in [0.25, 0.3) is 0 Å². The lowest BCUT2D eigenvalue weighted by Crippen LogP contribution is -2.25. The number of carboxylic acid groups (broad SMARTS) is 1. The third-order valence-corrected chi connectivity index (χ3v) is 2.61. The summed E-state index contributed by atoms with van der Waals surface area (Å²) in [5.74, 6) is 0.158. The first-order valence-corrected chi connectivity index (χ1v) is 4.55. The molecule has 0 saturated carbocycles.